The van der Waals surface area contributed by atoms with Crippen molar-refractivity contribution in [3.05, 3.63) is 70.8 Å². The number of aryl methyl sites for hydroxylation is 1. The molecule has 0 aromatic heterocycles. The van der Waals surface area contributed by atoms with E-state index in [0.717, 1.165) is 24.1 Å². The summed E-state index contributed by atoms with van der Waals surface area (Å²) in [6.45, 7) is 6.47. The Morgan fingerprint density at radius 2 is 1.70 bits per heavy atom. The van der Waals surface area contributed by atoms with Gasteiger partial charge in [0.05, 0.1) is 5.71 Å². The first-order valence-electron chi connectivity index (χ1n) is 8.01. The van der Waals surface area contributed by atoms with Crippen LogP contribution in [-0.4, -0.2) is 11.6 Å². The standard InChI is InChI=1S/C20H22N2O/c1-20(2,3)16-11-8-15(9-12-16)19(23)22-21-18-13-10-14-6-4-5-7-17(14)18/h4-9,11-12H,10,13H2,1-3H3,(H,22,23). The highest BCUT2D eigenvalue weighted by Gasteiger charge is 2.18. The van der Waals surface area contributed by atoms with E-state index in [2.05, 4.69) is 43.4 Å². The van der Waals surface area contributed by atoms with Crippen LogP contribution < -0.4 is 5.43 Å². The van der Waals surface area contributed by atoms with Crippen molar-refractivity contribution in [2.45, 2.75) is 39.0 Å². The number of hydrogen-bond acceptors (Lipinski definition) is 2. The summed E-state index contributed by atoms with van der Waals surface area (Å²) in [5, 5.41) is 4.33. The second kappa shape index (κ2) is 5.99. The lowest BCUT2D eigenvalue weighted by Crippen LogP contribution is -2.20. The lowest BCUT2D eigenvalue weighted by atomic mass is 9.87. The smallest absolute Gasteiger partial charge is 0.267 e. The zero-order chi connectivity index (χ0) is 16.4. The number of hydrazone groups is 1. The first kappa shape index (κ1) is 15.5. The van der Waals surface area contributed by atoms with Crippen LogP contribution in [-0.2, 0) is 11.8 Å². The molecular formula is C20H22N2O. The molecule has 0 radical (unpaired) electrons. The summed E-state index contributed by atoms with van der Waals surface area (Å²) >= 11 is 0. The van der Waals surface area contributed by atoms with Crippen LogP contribution >= 0.6 is 0 Å². The molecule has 0 atom stereocenters. The maximum absolute atomic E-state index is 12.3. The molecule has 2 aromatic carbocycles. The fourth-order valence-corrected chi connectivity index (χ4v) is 2.83. The van der Waals surface area contributed by atoms with E-state index in [-0.39, 0.29) is 11.3 Å². The van der Waals surface area contributed by atoms with E-state index in [1.54, 1.807) is 0 Å². The topological polar surface area (TPSA) is 41.5 Å². The number of hydrogen-bond donors (Lipinski definition) is 1. The van der Waals surface area contributed by atoms with Gasteiger partial charge in [-0.05, 0) is 41.5 Å². The molecule has 1 aliphatic rings. The van der Waals surface area contributed by atoms with Crippen LogP contribution in [0.4, 0.5) is 0 Å². The molecule has 0 aliphatic heterocycles. The van der Waals surface area contributed by atoms with Crippen molar-refractivity contribution in [2.24, 2.45) is 5.10 Å². The number of nitrogens with one attached hydrogen (secondary N) is 1. The maximum atomic E-state index is 12.3. The largest absolute Gasteiger partial charge is 0.271 e. The highest BCUT2D eigenvalue weighted by molar-refractivity contribution is 6.05. The third kappa shape index (κ3) is 3.34. The van der Waals surface area contributed by atoms with Crippen molar-refractivity contribution >= 4 is 11.6 Å². The molecule has 0 unspecified atom stereocenters. The van der Waals surface area contributed by atoms with Gasteiger partial charge in [-0.3, -0.25) is 4.79 Å². The van der Waals surface area contributed by atoms with Gasteiger partial charge in [-0.1, -0.05) is 57.2 Å². The molecule has 2 aromatic rings. The van der Waals surface area contributed by atoms with Crippen LogP contribution in [0.1, 0.15) is 54.2 Å². The van der Waals surface area contributed by atoms with Crippen LogP contribution in [0, 0.1) is 0 Å². The molecule has 23 heavy (non-hydrogen) atoms. The third-order valence-electron chi connectivity index (χ3n) is 4.26. The molecule has 0 saturated carbocycles. The quantitative estimate of drug-likeness (QED) is 0.835. The molecule has 1 aliphatic carbocycles. The fraction of sp³-hybridized carbons (Fsp3) is 0.300. The van der Waals surface area contributed by atoms with Crippen molar-refractivity contribution in [3.63, 3.8) is 0 Å². The molecule has 0 heterocycles. The van der Waals surface area contributed by atoms with Crippen molar-refractivity contribution in [1.29, 1.82) is 0 Å². The summed E-state index contributed by atoms with van der Waals surface area (Å²) in [5.74, 6) is -0.164. The van der Waals surface area contributed by atoms with E-state index >= 15 is 0 Å². The molecule has 118 valence electrons. The second-order valence-electron chi connectivity index (χ2n) is 6.98. The number of fused-ring (bicyclic) bond motifs is 1. The van der Waals surface area contributed by atoms with Crippen LogP contribution in [0.5, 0.6) is 0 Å². The minimum absolute atomic E-state index is 0.0861. The first-order valence-corrected chi connectivity index (χ1v) is 8.01. The van der Waals surface area contributed by atoms with E-state index in [9.17, 15) is 4.79 Å². The third-order valence-corrected chi connectivity index (χ3v) is 4.26. The Balaban J connectivity index is 1.72. The van der Waals surface area contributed by atoms with Gasteiger partial charge in [0, 0.05) is 11.1 Å². The van der Waals surface area contributed by atoms with Crippen molar-refractivity contribution in [2.75, 3.05) is 0 Å². The van der Waals surface area contributed by atoms with Crippen molar-refractivity contribution in [1.82, 2.24) is 5.43 Å². The summed E-state index contributed by atoms with van der Waals surface area (Å²) in [7, 11) is 0. The predicted octanol–water partition coefficient (Wildman–Crippen LogP) is 4.06. The lowest BCUT2D eigenvalue weighted by Gasteiger charge is -2.18. The van der Waals surface area contributed by atoms with Crippen LogP contribution in [0.15, 0.2) is 53.6 Å². The number of nitrogens with zero attached hydrogens (tertiary/aromatic N) is 1. The Hall–Kier alpha value is -2.42. The van der Waals surface area contributed by atoms with Crippen LogP contribution in [0.2, 0.25) is 0 Å². The molecule has 1 amide bonds. The molecule has 1 N–H and O–H groups in total. The summed E-state index contributed by atoms with van der Waals surface area (Å²) in [5.41, 5.74) is 8.03. The number of amides is 1. The summed E-state index contributed by atoms with van der Waals surface area (Å²) < 4.78 is 0. The fourth-order valence-electron chi connectivity index (χ4n) is 2.83. The van der Waals surface area contributed by atoms with Gasteiger partial charge in [-0.15, -0.1) is 0 Å². The Morgan fingerprint density at radius 3 is 2.39 bits per heavy atom. The van der Waals surface area contributed by atoms with E-state index in [1.807, 2.05) is 36.4 Å². The molecule has 0 spiro atoms. The summed E-state index contributed by atoms with van der Waals surface area (Å²) in [6, 6.07) is 16.0. The highest BCUT2D eigenvalue weighted by atomic mass is 16.2. The normalized spacial score (nSPS) is 15.5. The zero-order valence-electron chi connectivity index (χ0n) is 13.9. The Morgan fingerprint density at radius 1 is 1.00 bits per heavy atom. The summed E-state index contributed by atoms with van der Waals surface area (Å²) in [4.78, 5) is 12.3. The van der Waals surface area contributed by atoms with Crippen molar-refractivity contribution in [3.8, 4) is 0 Å². The molecule has 0 saturated heterocycles. The predicted molar refractivity (Wildman–Crippen MR) is 93.9 cm³/mol. The van der Waals surface area contributed by atoms with Gasteiger partial charge >= 0.3 is 0 Å². The zero-order valence-corrected chi connectivity index (χ0v) is 13.9. The SMILES string of the molecule is CC(C)(C)c1ccc(C(=O)NN=C2CCc3ccccc32)cc1. The van der Waals surface area contributed by atoms with Gasteiger partial charge in [0.2, 0.25) is 0 Å². The van der Waals surface area contributed by atoms with Gasteiger partial charge in [0.15, 0.2) is 0 Å². The van der Waals surface area contributed by atoms with Gasteiger partial charge in [-0.25, -0.2) is 5.43 Å². The molecule has 3 heteroatoms. The Kier molecular flexibility index (Phi) is 4.03. The minimum Gasteiger partial charge on any atom is -0.267 e. The Labute approximate surface area is 137 Å². The molecule has 0 fully saturated rings. The minimum atomic E-state index is -0.164. The molecule has 0 bridgehead atoms. The maximum Gasteiger partial charge on any atom is 0.271 e. The van der Waals surface area contributed by atoms with Crippen LogP contribution in [0.25, 0.3) is 0 Å². The number of rotatable bonds is 2. The van der Waals surface area contributed by atoms with E-state index in [0.29, 0.717) is 5.56 Å². The van der Waals surface area contributed by atoms with Gasteiger partial charge in [0.25, 0.3) is 5.91 Å². The van der Waals surface area contributed by atoms with Gasteiger partial charge in [-0.2, -0.15) is 5.10 Å². The van der Waals surface area contributed by atoms with E-state index in [4.69, 9.17) is 0 Å². The van der Waals surface area contributed by atoms with Gasteiger partial charge in [0.1, 0.15) is 0 Å². The lowest BCUT2D eigenvalue weighted by molar-refractivity contribution is 0.0954. The molecule has 3 nitrogen and oxygen atoms in total. The number of carbonyl (C=O) groups is 1. The van der Waals surface area contributed by atoms with Gasteiger partial charge < -0.3 is 0 Å². The Bertz CT molecular complexity index is 752. The summed E-state index contributed by atoms with van der Waals surface area (Å²) in [6.07, 6.45) is 1.87. The van der Waals surface area contributed by atoms with Crippen LogP contribution in [0.3, 0.4) is 0 Å². The number of benzene rings is 2. The monoisotopic (exact) mass is 306 g/mol. The molecule has 3 rings (SSSR count). The van der Waals surface area contributed by atoms with E-state index in [1.165, 1.54) is 11.1 Å². The van der Waals surface area contributed by atoms with E-state index < -0.39 is 0 Å². The average Bonchev–Trinajstić information content (AvgIpc) is 2.95. The molecular weight excluding hydrogens is 284 g/mol. The second-order valence-corrected chi connectivity index (χ2v) is 6.98. The number of carbonyl (C=O) groups excluding carboxylic acids is 1. The van der Waals surface area contributed by atoms with Crippen molar-refractivity contribution < 1.29 is 4.79 Å². The average molecular weight is 306 g/mol. The first-order chi connectivity index (χ1) is 10.9. The highest BCUT2D eigenvalue weighted by Crippen LogP contribution is 2.23.